The minimum absolute atomic E-state index is 0.194. The highest BCUT2D eigenvalue weighted by Crippen LogP contribution is 2.43. The summed E-state index contributed by atoms with van der Waals surface area (Å²) < 4.78 is 0. The van der Waals surface area contributed by atoms with Crippen molar-refractivity contribution in [3.63, 3.8) is 0 Å². The van der Waals surface area contributed by atoms with Gasteiger partial charge < -0.3 is 0 Å². The van der Waals surface area contributed by atoms with Gasteiger partial charge in [-0.3, -0.25) is 5.41 Å². The maximum atomic E-state index is 9.09. The van der Waals surface area contributed by atoms with Gasteiger partial charge in [-0.15, -0.1) is 0 Å². The minimum atomic E-state index is 0.194. The topological polar surface area (TPSA) is 23.9 Å². The number of benzene rings is 4. The van der Waals surface area contributed by atoms with Crippen LogP contribution in [0.1, 0.15) is 40.7 Å². The molecule has 1 nitrogen and oxygen atoms in total. The van der Waals surface area contributed by atoms with Crippen molar-refractivity contribution in [3.05, 3.63) is 124 Å². The summed E-state index contributed by atoms with van der Waals surface area (Å²) in [7, 11) is 0. The number of fused-ring (bicyclic) bond motifs is 2. The maximum Gasteiger partial charge on any atom is 0.0693 e. The molecule has 0 fully saturated rings. The lowest BCUT2D eigenvalue weighted by Gasteiger charge is -2.22. The van der Waals surface area contributed by atoms with Crippen molar-refractivity contribution >= 4 is 22.6 Å². The first-order valence-electron chi connectivity index (χ1n) is 9.67. The molecule has 0 heterocycles. The van der Waals surface area contributed by atoms with E-state index in [2.05, 4.69) is 73.7 Å². The summed E-state index contributed by atoms with van der Waals surface area (Å²) in [5.74, 6) is 0.194. The highest BCUT2D eigenvalue weighted by atomic mass is 14.4. The Hall–Kier alpha value is -3.45. The van der Waals surface area contributed by atoms with Crippen LogP contribution in [0.5, 0.6) is 0 Å². The average molecular weight is 359 g/mol. The number of hydrogen-bond acceptors (Lipinski definition) is 1. The molecule has 1 aliphatic carbocycles. The molecule has 1 aliphatic rings. The standard InChI is InChI=1S/C27H21N/c1-18-17-21-12-6-8-14-23(21)25(18)24-16-15-19-9-5-7-13-22(19)26(24)27(28)20-10-3-2-4-11-20/h2-17,25,28H,1H3. The third kappa shape index (κ3) is 2.59. The third-order valence-electron chi connectivity index (χ3n) is 5.73. The first-order chi connectivity index (χ1) is 13.7. The lowest BCUT2D eigenvalue weighted by atomic mass is 9.81. The van der Waals surface area contributed by atoms with Crippen LogP contribution in [-0.4, -0.2) is 5.71 Å². The number of rotatable bonds is 3. The molecule has 0 bridgehead atoms. The van der Waals surface area contributed by atoms with E-state index in [0.29, 0.717) is 5.71 Å². The summed E-state index contributed by atoms with van der Waals surface area (Å²) in [4.78, 5) is 0. The predicted octanol–water partition coefficient (Wildman–Crippen LogP) is 6.80. The molecule has 0 aromatic heterocycles. The fourth-order valence-corrected chi connectivity index (χ4v) is 4.45. The zero-order chi connectivity index (χ0) is 19.1. The Morgan fingerprint density at radius 1 is 0.714 bits per heavy atom. The zero-order valence-electron chi connectivity index (χ0n) is 15.8. The van der Waals surface area contributed by atoms with Gasteiger partial charge in [-0.2, -0.15) is 0 Å². The Morgan fingerprint density at radius 2 is 1.43 bits per heavy atom. The Labute approximate surface area is 165 Å². The van der Waals surface area contributed by atoms with Gasteiger partial charge in [0.25, 0.3) is 0 Å². The van der Waals surface area contributed by atoms with Gasteiger partial charge in [0.15, 0.2) is 0 Å². The van der Waals surface area contributed by atoms with Crippen LogP contribution in [0.15, 0.2) is 96.6 Å². The van der Waals surface area contributed by atoms with E-state index in [1.54, 1.807) is 0 Å². The highest BCUT2D eigenvalue weighted by Gasteiger charge is 2.28. The summed E-state index contributed by atoms with van der Waals surface area (Å²) in [5.41, 5.74) is 7.74. The summed E-state index contributed by atoms with van der Waals surface area (Å²) in [6.45, 7) is 2.20. The second-order valence-corrected chi connectivity index (χ2v) is 7.44. The van der Waals surface area contributed by atoms with Gasteiger partial charge in [0.05, 0.1) is 5.71 Å². The average Bonchev–Trinajstić information content (AvgIpc) is 3.08. The van der Waals surface area contributed by atoms with E-state index in [1.165, 1.54) is 27.6 Å². The van der Waals surface area contributed by atoms with Crippen LogP contribution in [0.4, 0.5) is 0 Å². The van der Waals surface area contributed by atoms with Crippen molar-refractivity contribution in [1.29, 1.82) is 5.41 Å². The van der Waals surface area contributed by atoms with Crippen LogP contribution in [0.25, 0.3) is 16.8 Å². The van der Waals surface area contributed by atoms with Crippen LogP contribution in [0, 0.1) is 5.41 Å². The van der Waals surface area contributed by atoms with Crippen molar-refractivity contribution in [1.82, 2.24) is 0 Å². The summed E-state index contributed by atoms with van der Waals surface area (Å²) in [5, 5.41) is 11.4. The van der Waals surface area contributed by atoms with E-state index < -0.39 is 0 Å². The highest BCUT2D eigenvalue weighted by molar-refractivity contribution is 6.19. The van der Waals surface area contributed by atoms with Crippen LogP contribution >= 0.6 is 0 Å². The molecule has 0 saturated carbocycles. The van der Waals surface area contributed by atoms with E-state index >= 15 is 0 Å². The van der Waals surface area contributed by atoms with Crippen molar-refractivity contribution < 1.29 is 0 Å². The molecule has 5 rings (SSSR count). The normalized spacial score (nSPS) is 15.3. The second-order valence-electron chi connectivity index (χ2n) is 7.44. The molecule has 1 heteroatoms. The largest absolute Gasteiger partial charge is 0.300 e. The van der Waals surface area contributed by atoms with Crippen molar-refractivity contribution in [2.45, 2.75) is 12.8 Å². The van der Waals surface area contributed by atoms with E-state index in [-0.39, 0.29) is 5.92 Å². The van der Waals surface area contributed by atoms with Gasteiger partial charge in [0.2, 0.25) is 0 Å². The van der Waals surface area contributed by atoms with E-state index in [1.807, 2.05) is 30.3 Å². The van der Waals surface area contributed by atoms with E-state index in [0.717, 1.165) is 16.5 Å². The first kappa shape index (κ1) is 16.7. The number of hydrogen-bond donors (Lipinski definition) is 1. The van der Waals surface area contributed by atoms with Gasteiger partial charge in [-0.25, -0.2) is 0 Å². The van der Waals surface area contributed by atoms with Crippen LogP contribution in [0.2, 0.25) is 0 Å². The molecule has 1 atom stereocenters. The third-order valence-corrected chi connectivity index (χ3v) is 5.73. The molecular weight excluding hydrogens is 338 g/mol. The van der Waals surface area contributed by atoms with Gasteiger partial charge in [0, 0.05) is 17.0 Å². The molecule has 1 unspecified atom stereocenters. The second kappa shape index (κ2) is 6.61. The molecule has 28 heavy (non-hydrogen) atoms. The zero-order valence-corrected chi connectivity index (χ0v) is 15.8. The number of allylic oxidation sites excluding steroid dienone is 1. The molecule has 4 aromatic carbocycles. The smallest absolute Gasteiger partial charge is 0.0693 e. The lowest BCUT2D eigenvalue weighted by molar-refractivity contribution is 0.975. The first-order valence-corrected chi connectivity index (χ1v) is 9.67. The van der Waals surface area contributed by atoms with Gasteiger partial charge in [-0.1, -0.05) is 103 Å². The molecule has 134 valence electrons. The maximum absolute atomic E-state index is 9.09. The fourth-order valence-electron chi connectivity index (χ4n) is 4.45. The SMILES string of the molecule is CC1=Cc2ccccc2C1c1ccc2ccccc2c1C(=N)c1ccccc1. The molecule has 0 radical (unpaired) electrons. The molecule has 0 amide bonds. The van der Waals surface area contributed by atoms with Crippen molar-refractivity contribution in [3.8, 4) is 0 Å². The molecule has 0 aliphatic heterocycles. The Balaban J connectivity index is 1.79. The van der Waals surface area contributed by atoms with E-state index in [9.17, 15) is 0 Å². The molecule has 0 spiro atoms. The fraction of sp³-hybridized carbons (Fsp3) is 0.0741. The molecule has 1 N–H and O–H groups in total. The molecule has 4 aromatic rings. The van der Waals surface area contributed by atoms with Crippen LogP contribution in [-0.2, 0) is 0 Å². The summed E-state index contributed by atoms with van der Waals surface area (Å²) in [6.07, 6.45) is 2.28. The number of nitrogens with one attached hydrogen (secondary N) is 1. The lowest BCUT2D eigenvalue weighted by Crippen LogP contribution is -2.11. The Morgan fingerprint density at radius 3 is 2.29 bits per heavy atom. The predicted molar refractivity (Wildman–Crippen MR) is 118 cm³/mol. The Bertz CT molecular complexity index is 1230. The summed E-state index contributed by atoms with van der Waals surface area (Å²) >= 11 is 0. The van der Waals surface area contributed by atoms with Crippen LogP contribution < -0.4 is 0 Å². The monoisotopic (exact) mass is 359 g/mol. The van der Waals surface area contributed by atoms with Crippen molar-refractivity contribution in [2.24, 2.45) is 0 Å². The Kier molecular flexibility index (Phi) is 3.95. The minimum Gasteiger partial charge on any atom is -0.300 e. The van der Waals surface area contributed by atoms with Gasteiger partial charge >= 0.3 is 0 Å². The molecular formula is C27H21N. The van der Waals surface area contributed by atoms with Gasteiger partial charge in [-0.05, 0) is 34.4 Å². The van der Waals surface area contributed by atoms with Gasteiger partial charge in [0.1, 0.15) is 0 Å². The van der Waals surface area contributed by atoms with Crippen LogP contribution in [0.3, 0.4) is 0 Å². The van der Waals surface area contributed by atoms with Crippen molar-refractivity contribution in [2.75, 3.05) is 0 Å². The molecule has 0 saturated heterocycles. The van der Waals surface area contributed by atoms with E-state index in [4.69, 9.17) is 5.41 Å². The summed E-state index contributed by atoms with van der Waals surface area (Å²) in [6, 6.07) is 31.5. The quantitative estimate of drug-likeness (QED) is 0.389.